The van der Waals surface area contributed by atoms with Gasteiger partial charge in [-0.2, -0.15) is 0 Å². The topological polar surface area (TPSA) is 52.3 Å². The van der Waals surface area contributed by atoms with Crippen LogP contribution in [0.4, 0.5) is 5.69 Å². The Bertz CT molecular complexity index is 370. The molecule has 0 radical (unpaired) electrons. The number of nitrogens with two attached hydrogens (primary N) is 1. The predicted octanol–water partition coefficient (Wildman–Crippen LogP) is 2.90. The van der Waals surface area contributed by atoms with Gasteiger partial charge in [0.1, 0.15) is 5.75 Å². The molecule has 0 saturated heterocycles. The standard InChI is InChI=1S/C13H19NO2/c1-4-9(5-2)13(15)10-6-7-12(16-3)11(14)8-10/h6-9H,4-5,14H2,1-3H3. The largest absolute Gasteiger partial charge is 0.495 e. The fourth-order valence-corrected chi connectivity index (χ4v) is 1.78. The second-order valence-corrected chi connectivity index (χ2v) is 3.83. The fourth-order valence-electron chi connectivity index (χ4n) is 1.78. The third-order valence-corrected chi connectivity index (χ3v) is 2.87. The van der Waals surface area contributed by atoms with E-state index in [2.05, 4.69) is 0 Å². The van der Waals surface area contributed by atoms with Crippen molar-refractivity contribution >= 4 is 11.5 Å². The molecule has 0 amide bonds. The van der Waals surface area contributed by atoms with Gasteiger partial charge in [-0.25, -0.2) is 0 Å². The van der Waals surface area contributed by atoms with Gasteiger partial charge in [0, 0.05) is 11.5 Å². The molecule has 0 bridgehead atoms. The Balaban J connectivity index is 2.96. The first-order valence-electron chi connectivity index (χ1n) is 5.61. The van der Waals surface area contributed by atoms with Gasteiger partial charge in [-0.15, -0.1) is 0 Å². The van der Waals surface area contributed by atoms with E-state index in [-0.39, 0.29) is 11.7 Å². The molecule has 1 aromatic rings. The van der Waals surface area contributed by atoms with E-state index < -0.39 is 0 Å². The van der Waals surface area contributed by atoms with Crippen molar-refractivity contribution in [3.05, 3.63) is 23.8 Å². The lowest BCUT2D eigenvalue weighted by atomic mass is 9.93. The minimum atomic E-state index is 0.0906. The van der Waals surface area contributed by atoms with Crippen LogP contribution >= 0.6 is 0 Å². The Morgan fingerprint density at radius 1 is 1.38 bits per heavy atom. The lowest BCUT2D eigenvalue weighted by Crippen LogP contribution is -2.13. The molecule has 3 heteroatoms. The quantitative estimate of drug-likeness (QED) is 0.614. The average molecular weight is 221 g/mol. The summed E-state index contributed by atoms with van der Waals surface area (Å²) >= 11 is 0. The minimum Gasteiger partial charge on any atom is -0.495 e. The lowest BCUT2D eigenvalue weighted by Gasteiger charge is -2.12. The normalized spacial score (nSPS) is 10.5. The van der Waals surface area contributed by atoms with Crippen LogP contribution in [0.2, 0.25) is 0 Å². The second kappa shape index (κ2) is 5.54. The highest BCUT2D eigenvalue weighted by Gasteiger charge is 2.17. The molecule has 0 fully saturated rings. The number of nitrogen functional groups attached to an aromatic ring is 1. The number of carbonyl (C=O) groups is 1. The number of rotatable bonds is 5. The van der Waals surface area contributed by atoms with Gasteiger partial charge in [0.2, 0.25) is 0 Å². The molecule has 0 aliphatic rings. The maximum absolute atomic E-state index is 12.1. The summed E-state index contributed by atoms with van der Waals surface area (Å²) in [6.45, 7) is 4.05. The molecule has 3 nitrogen and oxygen atoms in total. The van der Waals surface area contributed by atoms with Gasteiger partial charge in [-0.1, -0.05) is 13.8 Å². The average Bonchev–Trinajstić information content (AvgIpc) is 2.30. The predicted molar refractivity (Wildman–Crippen MR) is 65.8 cm³/mol. The van der Waals surface area contributed by atoms with Crippen molar-refractivity contribution in [2.75, 3.05) is 12.8 Å². The summed E-state index contributed by atoms with van der Waals surface area (Å²) in [5.41, 5.74) is 6.96. The number of methoxy groups -OCH3 is 1. The van der Waals surface area contributed by atoms with Gasteiger partial charge < -0.3 is 10.5 Å². The summed E-state index contributed by atoms with van der Waals surface area (Å²) in [7, 11) is 1.56. The maximum atomic E-state index is 12.1. The Hall–Kier alpha value is -1.51. The van der Waals surface area contributed by atoms with E-state index in [0.717, 1.165) is 12.8 Å². The van der Waals surface area contributed by atoms with Crippen molar-refractivity contribution in [2.45, 2.75) is 26.7 Å². The first-order chi connectivity index (χ1) is 7.63. The van der Waals surface area contributed by atoms with E-state index in [9.17, 15) is 4.79 Å². The van der Waals surface area contributed by atoms with Gasteiger partial charge in [0.05, 0.1) is 12.8 Å². The van der Waals surface area contributed by atoms with Crippen LogP contribution in [0.3, 0.4) is 0 Å². The summed E-state index contributed by atoms with van der Waals surface area (Å²) in [6.07, 6.45) is 1.72. The smallest absolute Gasteiger partial charge is 0.165 e. The summed E-state index contributed by atoms with van der Waals surface area (Å²) in [6, 6.07) is 5.21. The summed E-state index contributed by atoms with van der Waals surface area (Å²) in [5.74, 6) is 0.869. The monoisotopic (exact) mass is 221 g/mol. The second-order valence-electron chi connectivity index (χ2n) is 3.83. The molecule has 1 aromatic carbocycles. The molecule has 0 aromatic heterocycles. The highest BCUT2D eigenvalue weighted by atomic mass is 16.5. The van der Waals surface area contributed by atoms with Crippen molar-refractivity contribution in [3.8, 4) is 5.75 Å². The van der Waals surface area contributed by atoms with Crippen LogP contribution in [-0.4, -0.2) is 12.9 Å². The van der Waals surface area contributed by atoms with Crippen LogP contribution in [-0.2, 0) is 0 Å². The SMILES string of the molecule is CCC(CC)C(=O)c1ccc(OC)c(N)c1. The summed E-state index contributed by atoms with van der Waals surface area (Å²) in [4.78, 5) is 12.1. The molecule has 0 aliphatic heterocycles. The van der Waals surface area contributed by atoms with Crippen molar-refractivity contribution in [1.29, 1.82) is 0 Å². The van der Waals surface area contributed by atoms with Crippen LogP contribution in [0.5, 0.6) is 5.75 Å². The molecule has 2 N–H and O–H groups in total. The Morgan fingerprint density at radius 3 is 2.44 bits per heavy atom. The van der Waals surface area contributed by atoms with E-state index in [1.54, 1.807) is 25.3 Å². The van der Waals surface area contributed by atoms with Crippen molar-refractivity contribution < 1.29 is 9.53 Å². The molecule has 0 saturated carbocycles. The lowest BCUT2D eigenvalue weighted by molar-refractivity contribution is 0.0913. The first kappa shape index (κ1) is 12.6. The molecule has 0 heterocycles. The van der Waals surface area contributed by atoms with Crippen molar-refractivity contribution in [3.63, 3.8) is 0 Å². The molecule has 0 aliphatic carbocycles. The minimum absolute atomic E-state index is 0.0906. The third-order valence-electron chi connectivity index (χ3n) is 2.87. The van der Waals surface area contributed by atoms with Crippen LogP contribution in [0.15, 0.2) is 18.2 Å². The van der Waals surface area contributed by atoms with Gasteiger partial charge in [0.15, 0.2) is 5.78 Å². The van der Waals surface area contributed by atoms with Crippen molar-refractivity contribution in [1.82, 2.24) is 0 Å². The molecule has 1 rings (SSSR count). The van der Waals surface area contributed by atoms with Gasteiger partial charge in [-0.05, 0) is 31.0 Å². The van der Waals surface area contributed by atoms with E-state index in [4.69, 9.17) is 10.5 Å². The van der Waals surface area contributed by atoms with Gasteiger partial charge in [0.25, 0.3) is 0 Å². The Kier molecular flexibility index (Phi) is 4.35. The van der Waals surface area contributed by atoms with Crippen LogP contribution < -0.4 is 10.5 Å². The number of ether oxygens (including phenoxy) is 1. The fraction of sp³-hybridized carbons (Fsp3) is 0.462. The van der Waals surface area contributed by atoms with E-state index in [1.807, 2.05) is 13.8 Å². The zero-order valence-electron chi connectivity index (χ0n) is 10.1. The van der Waals surface area contributed by atoms with Crippen LogP contribution in [0, 0.1) is 5.92 Å². The van der Waals surface area contributed by atoms with Gasteiger partial charge in [-0.3, -0.25) is 4.79 Å². The molecule has 0 unspecified atom stereocenters. The summed E-state index contributed by atoms with van der Waals surface area (Å²) < 4.78 is 5.06. The molecule has 0 atom stereocenters. The highest BCUT2D eigenvalue weighted by Crippen LogP contribution is 2.24. The summed E-state index contributed by atoms with van der Waals surface area (Å²) in [5, 5.41) is 0. The molecule has 0 spiro atoms. The number of carbonyl (C=O) groups excluding carboxylic acids is 1. The van der Waals surface area contributed by atoms with E-state index >= 15 is 0 Å². The van der Waals surface area contributed by atoms with E-state index in [0.29, 0.717) is 17.0 Å². The molecular weight excluding hydrogens is 202 g/mol. The first-order valence-corrected chi connectivity index (χ1v) is 5.61. The number of Topliss-reactive ketones (excluding diaryl/α,β-unsaturated/α-hetero) is 1. The highest BCUT2D eigenvalue weighted by molar-refractivity contribution is 5.98. The molecular formula is C13H19NO2. The Labute approximate surface area is 96.6 Å². The number of hydrogen-bond donors (Lipinski definition) is 1. The van der Waals surface area contributed by atoms with Gasteiger partial charge >= 0.3 is 0 Å². The number of benzene rings is 1. The van der Waals surface area contributed by atoms with Crippen molar-refractivity contribution in [2.24, 2.45) is 5.92 Å². The maximum Gasteiger partial charge on any atom is 0.165 e. The number of hydrogen-bond acceptors (Lipinski definition) is 3. The van der Waals surface area contributed by atoms with Crippen LogP contribution in [0.1, 0.15) is 37.0 Å². The third kappa shape index (κ3) is 2.54. The Morgan fingerprint density at radius 2 is 2.00 bits per heavy atom. The zero-order chi connectivity index (χ0) is 12.1. The molecule has 16 heavy (non-hydrogen) atoms. The van der Waals surface area contributed by atoms with Crippen LogP contribution in [0.25, 0.3) is 0 Å². The number of anilines is 1. The number of ketones is 1. The molecule has 88 valence electrons. The zero-order valence-corrected chi connectivity index (χ0v) is 10.1. The van der Waals surface area contributed by atoms with E-state index in [1.165, 1.54) is 0 Å².